The number of allylic oxidation sites excluding steroid dienone is 20. The summed E-state index contributed by atoms with van der Waals surface area (Å²) < 4.78 is 0. The van der Waals surface area contributed by atoms with Crippen molar-refractivity contribution in [1.82, 2.24) is 0 Å². The van der Waals surface area contributed by atoms with Gasteiger partial charge in [0.25, 0.3) is 0 Å². The topological polar surface area (TPSA) is 50.7 Å². The molecule has 0 aromatic heterocycles. The van der Waals surface area contributed by atoms with Crippen molar-refractivity contribution < 1.29 is 0 Å². The number of rotatable bonds is 10. The van der Waals surface area contributed by atoms with E-state index in [4.69, 9.17) is 10.7 Å². The summed E-state index contributed by atoms with van der Waals surface area (Å²) in [5.41, 5.74) is 14.9. The Morgan fingerprint density at radius 2 is 1.70 bits per heavy atom. The van der Waals surface area contributed by atoms with Gasteiger partial charge in [-0.25, -0.2) is 0 Å². The molecular weight excluding hydrogens is 558 g/mol. The molecule has 3 heteroatoms. The molecule has 0 bridgehead atoms. The lowest BCUT2D eigenvalue weighted by Gasteiger charge is -2.14. The Bertz CT molecular complexity index is 1800. The van der Waals surface area contributed by atoms with E-state index in [1.807, 2.05) is 50.3 Å². The van der Waals surface area contributed by atoms with Crippen molar-refractivity contribution >= 4 is 23.2 Å². The molecule has 0 aliphatic heterocycles. The van der Waals surface area contributed by atoms with Crippen molar-refractivity contribution in [2.24, 2.45) is 15.7 Å². The predicted molar refractivity (Wildman–Crippen MR) is 202 cm³/mol. The number of aliphatic imine (C=N–C) groups is 2. The molecule has 0 fully saturated rings. The van der Waals surface area contributed by atoms with Gasteiger partial charge in [-0.2, -0.15) is 0 Å². The quantitative estimate of drug-likeness (QED) is 0.213. The molecule has 46 heavy (non-hydrogen) atoms. The van der Waals surface area contributed by atoms with Gasteiger partial charge in [-0.15, -0.1) is 0 Å². The number of hydrogen-bond acceptors (Lipinski definition) is 3. The van der Waals surface area contributed by atoms with Gasteiger partial charge in [0.05, 0.1) is 18.0 Å². The minimum absolute atomic E-state index is 0.527. The van der Waals surface area contributed by atoms with E-state index >= 15 is 0 Å². The van der Waals surface area contributed by atoms with Gasteiger partial charge >= 0.3 is 0 Å². The molecule has 0 amide bonds. The normalized spacial score (nSPS) is 18.3. The van der Waals surface area contributed by atoms with E-state index in [0.717, 1.165) is 59.3 Å². The molecule has 2 aromatic carbocycles. The van der Waals surface area contributed by atoms with Gasteiger partial charge in [0.1, 0.15) is 0 Å². The number of nitrogens with two attached hydrogens (primary N) is 1. The van der Waals surface area contributed by atoms with Crippen molar-refractivity contribution in [2.75, 3.05) is 0 Å². The first-order chi connectivity index (χ1) is 22.6. The van der Waals surface area contributed by atoms with Crippen LogP contribution in [0, 0.1) is 0 Å². The molecule has 0 saturated heterocycles. The summed E-state index contributed by atoms with van der Waals surface area (Å²) in [6.45, 7) is 12.8. The molecule has 4 rings (SSSR count). The third kappa shape index (κ3) is 9.61. The van der Waals surface area contributed by atoms with E-state index in [9.17, 15) is 0 Å². The Morgan fingerprint density at radius 1 is 0.891 bits per heavy atom. The third-order valence-corrected chi connectivity index (χ3v) is 7.83. The highest BCUT2D eigenvalue weighted by atomic mass is 14.8. The number of benzene rings is 2. The lowest BCUT2D eigenvalue weighted by molar-refractivity contribution is 0.911. The van der Waals surface area contributed by atoms with Crippen LogP contribution < -0.4 is 5.73 Å². The summed E-state index contributed by atoms with van der Waals surface area (Å²) in [7, 11) is 0. The monoisotopic (exact) mass is 603 g/mol. The summed E-state index contributed by atoms with van der Waals surface area (Å²) >= 11 is 0. The van der Waals surface area contributed by atoms with Crippen LogP contribution in [0.15, 0.2) is 196 Å². The second-order valence-electron chi connectivity index (χ2n) is 11.1. The van der Waals surface area contributed by atoms with E-state index in [0.29, 0.717) is 12.2 Å². The third-order valence-electron chi connectivity index (χ3n) is 7.83. The van der Waals surface area contributed by atoms with Gasteiger partial charge in [0, 0.05) is 6.20 Å². The van der Waals surface area contributed by atoms with E-state index in [-0.39, 0.29) is 0 Å². The number of fused-ring (bicyclic) bond motifs is 1. The van der Waals surface area contributed by atoms with Crippen LogP contribution in [0.1, 0.15) is 45.1 Å². The van der Waals surface area contributed by atoms with E-state index < -0.39 is 0 Å². The summed E-state index contributed by atoms with van der Waals surface area (Å²) in [5, 5.41) is 2.42. The molecule has 0 atom stereocenters. The molecule has 2 aromatic rings. The molecule has 0 radical (unpaired) electrons. The fourth-order valence-electron chi connectivity index (χ4n) is 5.40. The highest BCUT2D eigenvalue weighted by molar-refractivity contribution is 6.11. The Balaban J connectivity index is 1.82. The minimum Gasteiger partial charge on any atom is -0.404 e. The lowest BCUT2D eigenvalue weighted by atomic mass is 9.93. The minimum atomic E-state index is 0.527. The van der Waals surface area contributed by atoms with Crippen LogP contribution in [0.3, 0.4) is 0 Å². The maximum absolute atomic E-state index is 5.98. The summed E-state index contributed by atoms with van der Waals surface area (Å²) in [4.78, 5) is 9.65. The number of hydrogen-bond donors (Lipinski definition) is 1. The van der Waals surface area contributed by atoms with Gasteiger partial charge in [-0.3, -0.25) is 9.98 Å². The van der Waals surface area contributed by atoms with Crippen LogP contribution in [-0.2, 0) is 6.54 Å². The van der Waals surface area contributed by atoms with Crippen LogP contribution >= 0.6 is 0 Å². The van der Waals surface area contributed by atoms with E-state index in [1.54, 1.807) is 6.20 Å². The molecule has 2 N–H and O–H groups in total. The molecule has 0 spiro atoms. The molecule has 3 nitrogen and oxygen atoms in total. The average molecular weight is 604 g/mol. The van der Waals surface area contributed by atoms with Crippen molar-refractivity contribution in [3.05, 3.63) is 191 Å². The first-order valence-corrected chi connectivity index (χ1v) is 15.9. The fourth-order valence-corrected chi connectivity index (χ4v) is 5.40. The molecule has 0 heterocycles. The second-order valence-corrected chi connectivity index (χ2v) is 11.1. The van der Waals surface area contributed by atoms with E-state index in [2.05, 4.69) is 115 Å². The zero-order valence-electron chi connectivity index (χ0n) is 27.2. The molecule has 2 aliphatic rings. The smallest absolute Gasteiger partial charge is 0.0710 e. The molecule has 0 unspecified atom stereocenters. The molecular formula is C43H45N3. The fraction of sp³-hybridized carbons (Fsp3) is 0.163. The van der Waals surface area contributed by atoms with Gasteiger partial charge in [0.15, 0.2) is 0 Å². The van der Waals surface area contributed by atoms with Crippen molar-refractivity contribution in [1.29, 1.82) is 0 Å². The Morgan fingerprint density at radius 3 is 2.48 bits per heavy atom. The SMILES string of the molecule is C=N/C(=C\C(=NCc1ccc2ccccc2c1)C1=CCC2=C(C=CCC2)/C=C\C=C\CC=C1)C(=C)/C=C(\C=C/C)C(/C=C\C)=C/N. The van der Waals surface area contributed by atoms with Crippen LogP contribution in [0.4, 0.5) is 0 Å². The lowest BCUT2D eigenvalue weighted by Crippen LogP contribution is -2.03. The van der Waals surface area contributed by atoms with Gasteiger partial charge < -0.3 is 5.73 Å². The highest BCUT2D eigenvalue weighted by Gasteiger charge is 2.11. The molecule has 0 saturated carbocycles. The predicted octanol–water partition coefficient (Wildman–Crippen LogP) is 10.9. The Labute approximate surface area is 275 Å². The first kappa shape index (κ1) is 33.6. The van der Waals surface area contributed by atoms with Crippen molar-refractivity contribution in [3.8, 4) is 0 Å². The number of nitrogens with zero attached hydrogens (tertiary/aromatic N) is 2. The zero-order chi connectivity index (χ0) is 32.6. The van der Waals surface area contributed by atoms with Crippen LogP contribution in [0.2, 0.25) is 0 Å². The summed E-state index contributed by atoms with van der Waals surface area (Å²) in [5.74, 6) is 0. The maximum Gasteiger partial charge on any atom is 0.0710 e. The van der Waals surface area contributed by atoms with Gasteiger partial charge in [-0.05, 0) is 109 Å². The summed E-state index contributed by atoms with van der Waals surface area (Å²) in [6.07, 6.45) is 37.1. The molecule has 232 valence electrons. The van der Waals surface area contributed by atoms with Crippen molar-refractivity contribution in [2.45, 2.75) is 46.1 Å². The van der Waals surface area contributed by atoms with Crippen LogP contribution in [0.25, 0.3) is 10.8 Å². The van der Waals surface area contributed by atoms with Gasteiger partial charge in [0.2, 0.25) is 0 Å². The van der Waals surface area contributed by atoms with E-state index in [1.165, 1.54) is 21.9 Å². The second kappa shape index (κ2) is 17.9. The maximum atomic E-state index is 5.98. The zero-order valence-corrected chi connectivity index (χ0v) is 27.2. The van der Waals surface area contributed by atoms with Gasteiger partial charge in [-0.1, -0.05) is 128 Å². The van der Waals surface area contributed by atoms with Crippen LogP contribution in [0.5, 0.6) is 0 Å². The average Bonchev–Trinajstić information content (AvgIpc) is 3.07. The van der Waals surface area contributed by atoms with Crippen molar-refractivity contribution in [3.63, 3.8) is 0 Å². The first-order valence-electron chi connectivity index (χ1n) is 15.9. The Hall–Kier alpha value is -5.28. The standard InChI is InChI=1S/C43H45N3/c1-5-16-39(41(31-44)17-6-2)28-33(3)42(45-4)30-43(46-32-34-24-25-37-21-14-15-23-40(37)29-34)38-22-11-9-7-8-10-18-35-19-12-13-20-36(35)26-27-38/h5-8,10-12,14-19,21-25,27-31H,3-4,9,13,20,26,32,44H2,1-2H3/b8-7+,16-5-,17-6-,18-10-,22-11?,38-27?,39-28+,41-31+,42-30-,46-43?. The largest absolute Gasteiger partial charge is 0.404 e. The van der Waals surface area contributed by atoms with Crippen LogP contribution in [-0.4, -0.2) is 12.4 Å². The summed E-state index contributed by atoms with van der Waals surface area (Å²) in [6, 6.07) is 14.9. The molecule has 2 aliphatic carbocycles. The Kier molecular flexibility index (Phi) is 13.1. The highest BCUT2D eigenvalue weighted by Crippen LogP contribution is 2.26.